The summed E-state index contributed by atoms with van der Waals surface area (Å²) in [6.07, 6.45) is 2.30. The molecule has 0 aliphatic carbocycles. The first kappa shape index (κ1) is 11.7. The van der Waals surface area contributed by atoms with Crippen molar-refractivity contribution in [1.82, 2.24) is 20.0 Å². The molecule has 1 N–H and O–H groups in total. The van der Waals surface area contributed by atoms with Crippen LogP contribution in [-0.4, -0.2) is 57.6 Å². The highest BCUT2D eigenvalue weighted by Crippen LogP contribution is 2.41. The lowest BCUT2D eigenvalue weighted by molar-refractivity contribution is 0.0668. The molecule has 5 heteroatoms. The molecule has 3 saturated heterocycles. The number of para-hydroxylation sites is 1. The standard InChI is InChI=1S/C16H18N4O/c21-16(15-12-3-1-2-4-13(12)17-18-15)20-11-7-10-8-19(9-11)6-5-14(10)20/h1-4,10-11,14H,5-9H2,(H,17,18)/t10?,11-,14?/m0/s1. The van der Waals surface area contributed by atoms with E-state index in [1.165, 1.54) is 13.0 Å². The topological polar surface area (TPSA) is 52.2 Å². The SMILES string of the molecule is O=C(c1n[nH]c2ccccc12)N1C2CCN3CC2C[C@H]1C3. The van der Waals surface area contributed by atoms with Crippen molar-refractivity contribution in [3.63, 3.8) is 0 Å². The van der Waals surface area contributed by atoms with Crippen LogP contribution >= 0.6 is 0 Å². The number of fused-ring (bicyclic) bond motifs is 3. The number of aromatic amines is 1. The summed E-state index contributed by atoms with van der Waals surface area (Å²) in [5.41, 5.74) is 1.53. The van der Waals surface area contributed by atoms with Gasteiger partial charge in [-0.1, -0.05) is 18.2 Å². The van der Waals surface area contributed by atoms with Gasteiger partial charge in [-0.2, -0.15) is 5.10 Å². The second-order valence-electron chi connectivity index (χ2n) is 6.60. The summed E-state index contributed by atoms with van der Waals surface area (Å²) in [5, 5.41) is 8.24. The number of piperidine rings is 2. The molecule has 3 unspecified atom stereocenters. The average Bonchev–Trinajstić information content (AvgIpc) is 2.99. The van der Waals surface area contributed by atoms with E-state index in [1.54, 1.807) is 0 Å². The molecule has 108 valence electrons. The Morgan fingerprint density at radius 2 is 2.19 bits per heavy atom. The predicted octanol–water partition coefficient (Wildman–Crippen LogP) is 1.48. The Morgan fingerprint density at radius 1 is 1.29 bits per heavy atom. The minimum absolute atomic E-state index is 0.119. The van der Waals surface area contributed by atoms with Gasteiger partial charge in [-0.25, -0.2) is 0 Å². The van der Waals surface area contributed by atoms with Crippen molar-refractivity contribution >= 4 is 16.8 Å². The molecule has 2 aromatic rings. The predicted molar refractivity (Wildman–Crippen MR) is 79.0 cm³/mol. The molecule has 0 radical (unpaired) electrons. The summed E-state index contributed by atoms with van der Waals surface area (Å²) in [4.78, 5) is 17.7. The number of rotatable bonds is 1. The molecule has 3 aliphatic rings. The number of hydrogen-bond donors (Lipinski definition) is 1. The van der Waals surface area contributed by atoms with Gasteiger partial charge in [0.2, 0.25) is 0 Å². The fourth-order valence-corrected chi connectivity index (χ4v) is 4.62. The number of aromatic nitrogens is 2. The van der Waals surface area contributed by atoms with Crippen LogP contribution in [0.5, 0.6) is 0 Å². The van der Waals surface area contributed by atoms with E-state index in [0.717, 1.165) is 30.4 Å². The Morgan fingerprint density at radius 3 is 3.14 bits per heavy atom. The van der Waals surface area contributed by atoms with Gasteiger partial charge in [0.25, 0.3) is 5.91 Å². The third kappa shape index (κ3) is 1.55. The summed E-state index contributed by atoms with van der Waals surface area (Å²) in [6.45, 7) is 3.36. The molecule has 1 amide bonds. The van der Waals surface area contributed by atoms with Gasteiger partial charge >= 0.3 is 0 Å². The van der Waals surface area contributed by atoms with Crippen LogP contribution in [0.2, 0.25) is 0 Å². The average molecular weight is 282 g/mol. The smallest absolute Gasteiger partial charge is 0.275 e. The van der Waals surface area contributed by atoms with E-state index in [2.05, 4.69) is 20.0 Å². The zero-order valence-electron chi connectivity index (χ0n) is 11.8. The molecule has 21 heavy (non-hydrogen) atoms. The van der Waals surface area contributed by atoms with Crippen LogP contribution in [0.15, 0.2) is 24.3 Å². The number of carbonyl (C=O) groups is 1. The fourth-order valence-electron chi connectivity index (χ4n) is 4.62. The first-order valence-electron chi connectivity index (χ1n) is 7.79. The van der Waals surface area contributed by atoms with Gasteiger partial charge < -0.3 is 9.80 Å². The van der Waals surface area contributed by atoms with Crippen LogP contribution < -0.4 is 0 Å². The van der Waals surface area contributed by atoms with E-state index in [9.17, 15) is 4.79 Å². The van der Waals surface area contributed by atoms with Gasteiger partial charge in [-0.05, 0) is 24.8 Å². The van der Waals surface area contributed by atoms with Crippen LogP contribution in [0, 0.1) is 5.92 Å². The molecule has 0 saturated carbocycles. The van der Waals surface area contributed by atoms with Gasteiger partial charge in [0.15, 0.2) is 5.69 Å². The van der Waals surface area contributed by atoms with Crippen molar-refractivity contribution in [1.29, 1.82) is 0 Å². The van der Waals surface area contributed by atoms with Gasteiger partial charge in [0, 0.05) is 37.1 Å². The number of H-pyrrole nitrogens is 1. The van der Waals surface area contributed by atoms with E-state index >= 15 is 0 Å². The van der Waals surface area contributed by atoms with E-state index < -0.39 is 0 Å². The lowest BCUT2D eigenvalue weighted by Gasteiger charge is -2.35. The minimum atomic E-state index is 0.119. The van der Waals surface area contributed by atoms with Gasteiger partial charge in [0.05, 0.1) is 5.52 Å². The normalized spacial score (nSPS) is 33.8. The highest BCUT2D eigenvalue weighted by molar-refractivity contribution is 6.05. The second-order valence-corrected chi connectivity index (χ2v) is 6.60. The summed E-state index contributed by atoms with van der Waals surface area (Å²) in [5.74, 6) is 0.792. The number of nitrogens with one attached hydrogen (secondary N) is 1. The van der Waals surface area contributed by atoms with Crippen molar-refractivity contribution < 1.29 is 4.79 Å². The highest BCUT2D eigenvalue weighted by Gasteiger charge is 2.50. The first-order valence-corrected chi connectivity index (χ1v) is 7.79. The quantitative estimate of drug-likeness (QED) is 0.862. The third-order valence-electron chi connectivity index (χ3n) is 5.48. The lowest BCUT2D eigenvalue weighted by atomic mass is 9.89. The van der Waals surface area contributed by atoms with E-state index in [4.69, 9.17) is 0 Å². The van der Waals surface area contributed by atoms with Gasteiger partial charge in [-0.15, -0.1) is 0 Å². The van der Waals surface area contributed by atoms with E-state index in [-0.39, 0.29) is 5.91 Å². The maximum atomic E-state index is 13.1. The zero-order valence-corrected chi connectivity index (χ0v) is 11.8. The second kappa shape index (κ2) is 4.07. The summed E-state index contributed by atoms with van der Waals surface area (Å²) in [6, 6.07) is 8.70. The molecule has 5 rings (SSSR count). The van der Waals surface area contributed by atoms with Crippen molar-refractivity contribution in [3.05, 3.63) is 30.0 Å². The third-order valence-corrected chi connectivity index (χ3v) is 5.48. The minimum Gasteiger partial charge on any atom is -0.330 e. The van der Waals surface area contributed by atoms with Gasteiger partial charge in [-0.3, -0.25) is 9.89 Å². The van der Waals surface area contributed by atoms with Crippen LogP contribution in [0.3, 0.4) is 0 Å². The molecule has 1 aromatic carbocycles. The maximum absolute atomic E-state index is 13.1. The Hall–Kier alpha value is -1.88. The number of carbonyl (C=O) groups excluding carboxylic acids is 1. The number of likely N-dealkylation sites (tertiary alicyclic amines) is 1. The molecular weight excluding hydrogens is 264 g/mol. The summed E-state index contributed by atoms with van der Waals surface area (Å²) < 4.78 is 0. The lowest BCUT2D eigenvalue weighted by Crippen LogP contribution is -2.44. The Balaban J connectivity index is 1.57. The van der Waals surface area contributed by atoms with Crippen molar-refractivity contribution in [2.24, 2.45) is 5.92 Å². The van der Waals surface area contributed by atoms with Crippen LogP contribution in [0.25, 0.3) is 10.9 Å². The maximum Gasteiger partial charge on any atom is 0.275 e. The molecule has 4 heterocycles. The molecule has 1 aromatic heterocycles. The Labute approximate surface area is 122 Å². The van der Waals surface area contributed by atoms with Crippen LogP contribution in [0.4, 0.5) is 0 Å². The molecule has 4 atom stereocenters. The largest absolute Gasteiger partial charge is 0.330 e. The molecule has 3 aliphatic heterocycles. The number of amides is 1. The van der Waals surface area contributed by atoms with E-state index in [0.29, 0.717) is 23.7 Å². The number of benzene rings is 1. The Kier molecular flexibility index (Phi) is 2.28. The zero-order chi connectivity index (χ0) is 14.0. The van der Waals surface area contributed by atoms with Crippen molar-refractivity contribution in [2.75, 3.05) is 19.6 Å². The van der Waals surface area contributed by atoms with E-state index in [1.807, 2.05) is 24.3 Å². The first-order chi connectivity index (χ1) is 10.3. The number of hydrogen-bond acceptors (Lipinski definition) is 3. The van der Waals surface area contributed by atoms with Crippen molar-refractivity contribution in [2.45, 2.75) is 24.9 Å². The molecule has 3 bridgehead atoms. The Bertz CT molecular complexity index is 724. The molecular formula is C16H18N4O. The van der Waals surface area contributed by atoms with Gasteiger partial charge in [0.1, 0.15) is 0 Å². The molecule has 0 spiro atoms. The van der Waals surface area contributed by atoms with Crippen molar-refractivity contribution in [3.8, 4) is 0 Å². The molecule has 5 nitrogen and oxygen atoms in total. The highest BCUT2D eigenvalue weighted by atomic mass is 16.2. The molecule has 3 fully saturated rings. The number of nitrogens with zero attached hydrogens (tertiary/aromatic N) is 3. The fraction of sp³-hybridized carbons (Fsp3) is 0.500. The van der Waals surface area contributed by atoms with Crippen LogP contribution in [-0.2, 0) is 0 Å². The van der Waals surface area contributed by atoms with Crippen LogP contribution in [0.1, 0.15) is 23.3 Å². The monoisotopic (exact) mass is 282 g/mol. The summed E-state index contributed by atoms with van der Waals surface area (Å²) >= 11 is 0. The summed E-state index contributed by atoms with van der Waals surface area (Å²) in [7, 11) is 0.